The molecule has 2 aromatic heterocycles. The van der Waals surface area contributed by atoms with E-state index in [1.54, 1.807) is 12.4 Å². The summed E-state index contributed by atoms with van der Waals surface area (Å²) in [4.78, 5) is 25.9. The van der Waals surface area contributed by atoms with Crippen molar-refractivity contribution in [2.45, 2.75) is 32.6 Å². The van der Waals surface area contributed by atoms with Crippen molar-refractivity contribution in [1.82, 2.24) is 20.4 Å². The summed E-state index contributed by atoms with van der Waals surface area (Å²) in [5, 5.41) is 16.5. The maximum Gasteiger partial charge on any atom is 0.228 e. The summed E-state index contributed by atoms with van der Waals surface area (Å²) in [6.45, 7) is 1.93. The number of amides is 1. The number of aromatic nitrogens is 4. The molecule has 0 aliphatic heterocycles. The first-order valence-corrected chi connectivity index (χ1v) is 9.58. The van der Waals surface area contributed by atoms with Crippen LogP contribution < -0.4 is 5.32 Å². The number of Topliss-reactive ketones (excluding diaryl/α,β-unsaturated/α-hetero) is 1. The molecule has 1 aliphatic rings. The third-order valence-electron chi connectivity index (χ3n) is 5.39. The Labute approximate surface area is 162 Å². The van der Waals surface area contributed by atoms with E-state index in [0.29, 0.717) is 11.3 Å². The van der Waals surface area contributed by atoms with E-state index in [1.165, 1.54) is 0 Å². The van der Waals surface area contributed by atoms with Gasteiger partial charge in [0.05, 0.1) is 23.3 Å². The van der Waals surface area contributed by atoms with Gasteiger partial charge in [-0.3, -0.25) is 19.8 Å². The van der Waals surface area contributed by atoms with Crippen molar-refractivity contribution >= 4 is 17.4 Å². The summed E-state index contributed by atoms with van der Waals surface area (Å²) in [7, 11) is 0. The highest BCUT2D eigenvalue weighted by atomic mass is 16.2. The lowest BCUT2D eigenvalue weighted by atomic mass is 9.75. The molecule has 0 spiro atoms. The van der Waals surface area contributed by atoms with Crippen LogP contribution in [0.2, 0.25) is 0 Å². The molecule has 3 N–H and O–H groups in total. The van der Waals surface area contributed by atoms with Crippen molar-refractivity contribution < 1.29 is 9.59 Å². The van der Waals surface area contributed by atoms with Gasteiger partial charge in [-0.05, 0) is 31.4 Å². The highest BCUT2D eigenvalue weighted by Gasteiger charge is 2.36. The highest BCUT2D eigenvalue weighted by molar-refractivity contribution is 6.03. The third-order valence-corrected chi connectivity index (χ3v) is 5.39. The Morgan fingerprint density at radius 1 is 1.11 bits per heavy atom. The lowest BCUT2D eigenvalue weighted by Crippen LogP contribution is -2.36. The molecule has 144 valence electrons. The number of nitrogens with one attached hydrogen (secondary N) is 3. The first kappa shape index (κ1) is 18.2. The second-order valence-corrected chi connectivity index (χ2v) is 7.34. The quantitative estimate of drug-likeness (QED) is 0.589. The SMILES string of the molecule is Cc1cc(-c2ccc(C(=O)[C@@H]3CCCC[C@H]3C(=O)Nc3cn[nH]c3)cc2)[nH]n1. The zero-order valence-corrected chi connectivity index (χ0v) is 15.7. The number of aryl methyl sites for hydroxylation is 1. The molecular weight excluding hydrogens is 354 g/mol. The van der Waals surface area contributed by atoms with Crippen LogP contribution in [0.3, 0.4) is 0 Å². The van der Waals surface area contributed by atoms with Crippen molar-refractivity contribution in [3.8, 4) is 11.3 Å². The van der Waals surface area contributed by atoms with Crippen LogP contribution in [-0.2, 0) is 4.79 Å². The van der Waals surface area contributed by atoms with Crippen LogP contribution >= 0.6 is 0 Å². The van der Waals surface area contributed by atoms with Crippen molar-refractivity contribution in [2.24, 2.45) is 11.8 Å². The molecule has 1 amide bonds. The van der Waals surface area contributed by atoms with Crippen LogP contribution in [0.15, 0.2) is 42.7 Å². The summed E-state index contributed by atoms with van der Waals surface area (Å²) >= 11 is 0. The zero-order valence-electron chi connectivity index (χ0n) is 15.7. The fraction of sp³-hybridized carbons (Fsp3) is 0.333. The molecule has 0 radical (unpaired) electrons. The van der Waals surface area contributed by atoms with Gasteiger partial charge in [0, 0.05) is 23.6 Å². The summed E-state index contributed by atoms with van der Waals surface area (Å²) in [6, 6.07) is 9.49. The molecule has 0 unspecified atom stereocenters. The monoisotopic (exact) mass is 377 g/mol. The first-order chi connectivity index (χ1) is 13.6. The van der Waals surface area contributed by atoms with Gasteiger partial charge in [0.2, 0.25) is 5.91 Å². The largest absolute Gasteiger partial charge is 0.323 e. The smallest absolute Gasteiger partial charge is 0.228 e. The Morgan fingerprint density at radius 2 is 1.86 bits per heavy atom. The molecule has 7 heteroatoms. The number of hydrogen-bond donors (Lipinski definition) is 3. The molecule has 28 heavy (non-hydrogen) atoms. The number of carbonyl (C=O) groups excluding carboxylic acids is 2. The Bertz CT molecular complexity index is 959. The summed E-state index contributed by atoms with van der Waals surface area (Å²) in [5.74, 6) is -0.671. The van der Waals surface area contributed by atoms with Crippen molar-refractivity contribution in [1.29, 1.82) is 0 Å². The van der Waals surface area contributed by atoms with Crippen LogP contribution in [0, 0.1) is 18.8 Å². The normalized spacial score (nSPS) is 19.3. The van der Waals surface area contributed by atoms with Gasteiger partial charge in [0.1, 0.15) is 0 Å². The van der Waals surface area contributed by atoms with Crippen LogP contribution in [0.25, 0.3) is 11.3 Å². The lowest BCUT2D eigenvalue weighted by molar-refractivity contribution is -0.121. The summed E-state index contributed by atoms with van der Waals surface area (Å²) in [6.07, 6.45) is 6.60. The van der Waals surface area contributed by atoms with E-state index in [9.17, 15) is 9.59 Å². The molecule has 2 atom stereocenters. The number of H-pyrrole nitrogens is 2. The standard InChI is InChI=1S/C21H23N5O2/c1-13-10-19(26-25-13)14-6-8-15(9-7-14)20(27)17-4-2-3-5-18(17)21(28)24-16-11-22-23-12-16/h6-12,17-18H,2-5H2,1H3,(H,22,23)(H,24,28)(H,25,26)/t17-,18-/m1/s1. The van der Waals surface area contributed by atoms with Crippen molar-refractivity contribution in [3.63, 3.8) is 0 Å². The van der Waals surface area contributed by atoms with Crippen LogP contribution in [0.1, 0.15) is 41.7 Å². The first-order valence-electron chi connectivity index (χ1n) is 9.58. The maximum absolute atomic E-state index is 13.2. The number of ketones is 1. The van der Waals surface area contributed by atoms with E-state index in [4.69, 9.17) is 0 Å². The van der Waals surface area contributed by atoms with E-state index in [2.05, 4.69) is 25.7 Å². The number of aromatic amines is 2. The number of anilines is 1. The van der Waals surface area contributed by atoms with Crippen molar-refractivity contribution in [2.75, 3.05) is 5.32 Å². The van der Waals surface area contributed by atoms with Crippen LogP contribution in [-0.4, -0.2) is 32.1 Å². The second kappa shape index (κ2) is 7.80. The molecule has 4 rings (SSSR count). The minimum Gasteiger partial charge on any atom is -0.323 e. The molecule has 7 nitrogen and oxygen atoms in total. The third kappa shape index (κ3) is 3.74. The van der Waals surface area contributed by atoms with Gasteiger partial charge < -0.3 is 5.32 Å². The molecular formula is C21H23N5O2. The lowest BCUT2D eigenvalue weighted by Gasteiger charge is -2.29. The minimum atomic E-state index is -0.314. The Morgan fingerprint density at radius 3 is 2.50 bits per heavy atom. The highest BCUT2D eigenvalue weighted by Crippen LogP contribution is 2.34. The van der Waals surface area contributed by atoms with Crippen LogP contribution in [0.4, 0.5) is 5.69 Å². The predicted molar refractivity (Wildman–Crippen MR) is 106 cm³/mol. The van der Waals surface area contributed by atoms with E-state index in [1.807, 2.05) is 37.3 Å². The van der Waals surface area contributed by atoms with E-state index >= 15 is 0 Å². The van der Waals surface area contributed by atoms with Crippen LogP contribution in [0.5, 0.6) is 0 Å². The molecule has 1 fully saturated rings. The maximum atomic E-state index is 13.2. The van der Waals surface area contributed by atoms with E-state index in [0.717, 1.165) is 42.6 Å². The molecule has 0 bridgehead atoms. The Kier molecular flexibility index (Phi) is 5.06. The number of benzene rings is 1. The average Bonchev–Trinajstić information content (AvgIpc) is 3.39. The van der Waals surface area contributed by atoms with E-state index in [-0.39, 0.29) is 23.5 Å². The van der Waals surface area contributed by atoms with Gasteiger partial charge in [0.15, 0.2) is 5.78 Å². The number of nitrogens with zero attached hydrogens (tertiary/aromatic N) is 2. The molecule has 1 saturated carbocycles. The zero-order chi connectivity index (χ0) is 19.5. The van der Waals surface area contributed by atoms with Gasteiger partial charge in [-0.2, -0.15) is 10.2 Å². The van der Waals surface area contributed by atoms with Crippen molar-refractivity contribution in [3.05, 3.63) is 54.0 Å². The summed E-state index contributed by atoms with van der Waals surface area (Å²) < 4.78 is 0. The molecule has 3 aromatic rings. The average molecular weight is 377 g/mol. The molecule has 2 heterocycles. The number of hydrogen-bond acceptors (Lipinski definition) is 4. The van der Waals surface area contributed by atoms with Gasteiger partial charge in [-0.15, -0.1) is 0 Å². The topological polar surface area (TPSA) is 104 Å². The molecule has 1 aliphatic carbocycles. The Hall–Kier alpha value is -3.22. The molecule has 0 saturated heterocycles. The van der Waals surface area contributed by atoms with Gasteiger partial charge >= 0.3 is 0 Å². The second-order valence-electron chi connectivity index (χ2n) is 7.34. The van der Waals surface area contributed by atoms with E-state index < -0.39 is 0 Å². The Balaban J connectivity index is 1.50. The van der Waals surface area contributed by atoms with Gasteiger partial charge in [-0.1, -0.05) is 37.1 Å². The minimum absolute atomic E-state index is 0.0411. The molecule has 1 aromatic carbocycles. The summed E-state index contributed by atoms with van der Waals surface area (Å²) in [5.41, 5.74) is 4.10. The number of carbonyl (C=O) groups is 2. The van der Waals surface area contributed by atoms with Gasteiger partial charge in [-0.25, -0.2) is 0 Å². The predicted octanol–water partition coefficient (Wildman–Crippen LogP) is 3.74. The van der Waals surface area contributed by atoms with Gasteiger partial charge in [0.25, 0.3) is 0 Å². The fourth-order valence-corrected chi connectivity index (χ4v) is 3.91. The number of rotatable bonds is 5. The fourth-order valence-electron chi connectivity index (χ4n) is 3.91.